The van der Waals surface area contributed by atoms with Crippen LogP contribution in [0.25, 0.3) is 17.3 Å². The number of fused-ring (bicyclic) bond motifs is 1. The molecule has 2 heterocycles. The van der Waals surface area contributed by atoms with Crippen LogP contribution in [0.3, 0.4) is 0 Å². The second-order valence-electron chi connectivity index (χ2n) is 5.91. The number of hydrogen-bond donors (Lipinski definition) is 1. The van der Waals surface area contributed by atoms with Gasteiger partial charge in [0, 0.05) is 17.4 Å². The van der Waals surface area contributed by atoms with Crippen LogP contribution in [0.2, 0.25) is 0 Å². The summed E-state index contributed by atoms with van der Waals surface area (Å²) < 4.78 is 1.75. The van der Waals surface area contributed by atoms with Gasteiger partial charge in [-0.25, -0.2) is 4.98 Å². The lowest BCUT2D eigenvalue weighted by Crippen LogP contribution is -1.96. The third-order valence-electron chi connectivity index (χ3n) is 4.19. The second-order valence-corrected chi connectivity index (χ2v) is 5.91. The molecule has 0 radical (unpaired) electrons. The zero-order valence-electron chi connectivity index (χ0n) is 13.6. The van der Waals surface area contributed by atoms with E-state index < -0.39 is 0 Å². The van der Waals surface area contributed by atoms with Crippen LogP contribution in [0.1, 0.15) is 22.6 Å². The summed E-state index contributed by atoms with van der Waals surface area (Å²) in [6.45, 7) is 3.93. The average Bonchev–Trinajstić information content (AvgIpc) is 3.11. The van der Waals surface area contributed by atoms with Gasteiger partial charge in [0.05, 0.1) is 11.4 Å². The molecule has 4 heteroatoms. The Morgan fingerprint density at radius 2 is 1.75 bits per heavy atom. The van der Waals surface area contributed by atoms with Gasteiger partial charge < -0.3 is 5.11 Å². The highest BCUT2D eigenvalue weighted by atomic mass is 16.3. The van der Waals surface area contributed by atoms with Crippen LogP contribution < -0.4 is 0 Å². The van der Waals surface area contributed by atoms with Crippen molar-refractivity contribution in [1.29, 1.82) is 0 Å². The fraction of sp³-hybridized carbons (Fsp3) is 0.100. The monoisotopic (exact) mass is 315 g/mol. The van der Waals surface area contributed by atoms with E-state index in [1.807, 2.05) is 74.7 Å². The third kappa shape index (κ3) is 2.33. The Kier molecular flexibility index (Phi) is 3.31. The first kappa shape index (κ1) is 14.5. The van der Waals surface area contributed by atoms with Gasteiger partial charge in [0.1, 0.15) is 11.5 Å². The molecule has 2 aromatic carbocycles. The van der Waals surface area contributed by atoms with Crippen LogP contribution in [0.4, 0.5) is 5.69 Å². The van der Waals surface area contributed by atoms with Crippen LogP contribution in [-0.2, 0) is 0 Å². The molecule has 1 aliphatic heterocycles. The summed E-state index contributed by atoms with van der Waals surface area (Å²) in [6.07, 6.45) is 3.69. The number of para-hydroxylation sites is 1. The molecule has 1 aliphatic rings. The summed E-state index contributed by atoms with van der Waals surface area (Å²) in [5.41, 5.74) is 5.57. The predicted octanol–water partition coefficient (Wildman–Crippen LogP) is 4.45. The number of aromatic nitrogens is 2. The van der Waals surface area contributed by atoms with Gasteiger partial charge >= 0.3 is 0 Å². The Morgan fingerprint density at radius 3 is 2.54 bits per heavy atom. The molecule has 4 nitrogen and oxygen atoms in total. The normalized spacial score (nSPS) is 14.3. The summed E-state index contributed by atoms with van der Waals surface area (Å²) in [4.78, 5) is 8.91. The lowest BCUT2D eigenvalue weighted by Gasteiger charge is -2.06. The SMILES string of the molecule is Cc1ccc(-n2c(C)nc(/C=C3\C=Nc4ccccc43)c2O)cc1. The van der Waals surface area contributed by atoms with Crippen LogP contribution in [0.5, 0.6) is 5.88 Å². The van der Waals surface area contributed by atoms with Crippen molar-refractivity contribution in [2.75, 3.05) is 0 Å². The lowest BCUT2D eigenvalue weighted by atomic mass is 10.1. The maximum atomic E-state index is 10.7. The molecule has 0 fully saturated rings. The number of benzene rings is 2. The molecule has 118 valence electrons. The molecule has 1 aromatic heterocycles. The van der Waals surface area contributed by atoms with E-state index in [0.29, 0.717) is 5.69 Å². The molecular weight excluding hydrogens is 298 g/mol. The highest BCUT2D eigenvalue weighted by Crippen LogP contribution is 2.34. The second kappa shape index (κ2) is 5.49. The first-order chi connectivity index (χ1) is 11.6. The molecule has 0 bridgehead atoms. The molecule has 0 saturated heterocycles. The van der Waals surface area contributed by atoms with E-state index in [4.69, 9.17) is 0 Å². The maximum Gasteiger partial charge on any atom is 0.223 e. The number of nitrogens with zero attached hydrogens (tertiary/aromatic N) is 3. The highest BCUT2D eigenvalue weighted by molar-refractivity contribution is 6.21. The van der Waals surface area contributed by atoms with Crippen molar-refractivity contribution in [3.05, 3.63) is 71.2 Å². The first-order valence-electron chi connectivity index (χ1n) is 7.84. The van der Waals surface area contributed by atoms with Gasteiger partial charge in [0.2, 0.25) is 5.88 Å². The molecule has 24 heavy (non-hydrogen) atoms. The largest absolute Gasteiger partial charge is 0.493 e. The van der Waals surface area contributed by atoms with Gasteiger partial charge in [0.25, 0.3) is 0 Å². The van der Waals surface area contributed by atoms with Crippen molar-refractivity contribution in [2.45, 2.75) is 13.8 Å². The van der Waals surface area contributed by atoms with Crippen molar-refractivity contribution in [1.82, 2.24) is 9.55 Å². The molecule has 1 N–H and O–H groups in total. The topological polar surface area (TPSA) is 50.4 Å². The molecule has 4 rings (SSSR count). The van der Waals surface area contributed by atoms with Gasteiger partial charge in [-0.2, -0.15) is 0 Å². The van der Waals surface area contributed by atoms with E-state index in [1.54, 1.807) is 4.57 Å². The molecule has 0 saturated carbocycles. The van der Waals surface area contributed by atoms with Crippen molar-refractivity contribution >= 4 is 23.6 Å². The molecule has 0 spiro atoms. The van der Waals surface area contributed by atoms with Crippen molar-refractivity contribution in [3.8, 4) is 11.6 Å². The molecule has 0 amide bonds. The van der Waals surface area contributed by atoms with Crippen LogP contribution in [-0.4, -0.2) is 20.9 Å². The molecular formula is C20H17N3O. The van der Waals surface area contributed by atoms with Crippen LogP contribution in [0, 0.1) is 13.8 Å². The maximum absolute atomic E-state index is 10.7. The van der Waals surface area contributed by atoms with E-state index in [0.717, 1.165) is 28.3 Å². The number of allylic oxidation sites excluding steroid dienone is 1. The minimum Gasteiger partial charge on any atom is -0.493 e. The average molecular weight is 315 g/mol. The zero-order valence-corrected chi connectivity index (χ0v) is 13.6. The standard InChI is InChI=1S/C20H17N3O/c1-13-7-9-16(10-8-13)23-14(2)22-19(20(23)24)11-15-12-21-18-6-4-3-5-17(15)18/h3-12,24H,1-2H3/b15-11+. The van der Waals surface area contributed by atoms with E-state index in [9.17, 15) is 5.11 Å². The zero-order chi connectivity index (χ0) is 16.7. The van der Waals surface area contributed by atoms with E-state index in [1.165, 1.54) is 5.56 Å². The summed E-state index contributed by atoms with van der Waals surface area (Å²) in [5.74, 6) is 0.882. The Morgan fingerprint density at radius 1 is 1.00 bits per heavy atom. The Hall–Kier alpha value is -3.14. The molecule has 0 unspecified atom stereocenters. The molecule has 0 atom stereocenters. The van der Waals surface area contributed by atoms with E-state index in [-0.39, 0.29) is 5.88 Å². The molecule has 3 aromatic rings. The van der Waals surface area contributed by atoms with Gasteiger partial charge in [0.15, 0.2) is 0 Å². The van der Waals surface area contributed by atoms with E-state index in [2.05, 4.69) is 9.98 Å². The Balaban J connectivity index is 1.79. The van der Waals surface area contributed by atoms with Crippen molar-refractivity contribution in [2.24, 2.45) is 4.99 Å². The summed E-state index contributed by atoms with van der Waals surface area (Å²) >= 11 is 0. The van der Waals surface area contributed by atoms with E-state index >= 15 is 0 Å². The number of hydrogen-bond acceptors (Lipinski definition) is 3. The summed E-state index contributed by atoms with van der Waals surface area (Å²) in [6, 6.07) is 15.9. The fourth-order valence-electron chi connectivity index (χ4n) is 2.94. The van der Waals surface area contributed by atoms with Gasteiger partial charge in [-0.3, -0.25) is 9.56 Å². The Labute approximate surface area is 140 Å². The highest BCUT2D eigenvalue weighted by Gasteiger charge is 2.17. The summed E-state index contributed by atoms with van der Waals surface area (Å²) in [7, 11) is 0. The van der Waals surface area contributed by atoms with Crippen LogP contribution in [0.15, 0.2) is 53.5 Å². The first-order valence-corrected chi connectivity index (χ1v) is 7.84. The molecule has 0 aliphatic carbocycles. The van der Waals surface area contributed by atoms with Crippen molar-refractivity contribution < 1.29 is 5.11 Å². The number of aliphatic imine (C=N–C) groups is 1. The van der Waals surface area contributed by atoms with Gasteiger partial charge in [-0.05, 0) is 38.1 Å². The smallest absolute Gasteiger partial charge is 0.223 e. The quantitative estimate of drug-likeness (QED) is 0.759. The fourth-order valence-corrected chi connectivity index (χ4v) is 2.94. The number of aryl methyl sites for hydroxylation is 2. The number of aromatic hydroxyl groups is 1. The lowest BCUT2D eigenvalue weighted by molar-refractivity contribution is 0.440. The number of rotatable bonds is 2. The van der Waals surface area contributed by atoms with Gasteiger partial charge in [-0.1, -0.05) is 35.9 Å². The predicted molar refractivity (Wildman–Crippen MR) is 97.2 cm³/mol. The van der Waals surface area contributed by atoms with Crippen LogP contribution >= 0.6 is 0 Å². The minimum absolute atomic E-state index is 0.140. The van der Waals surface area contributed by atoms with Gasteiger partial charge in [-0.15, -0.1) is 0 Å². The third-order valence-corrected chi connectivity index (χ3v) is 4.19. The Bertz CT molecular complexity index is 979. The number of imidazole rings is 1. The summed E-state index contributed by atoms with van der Waals surface area (Å²) in [5, 5.41) is 10.7. The minimum atomic E-state index is 0.140. The van der Waals surface area contributed by atoms with Crippen molar-refractivity contribution in [3.63, 3.8) is 0 Å².